The van der Waals surface area contributed by atoms with E-state index in [1.165, 1.54) is 0 Å². The van der Waals surface area contributed by atoms with Crippen LogP contribution in [0.25, 0.3) is 0 Å². The highest BCUT2D eigenvalue weighted by Gasteiger charge is 2.25. The lowest BCUT2D eigenvalue weighted by Gasteiger charge is -2.28. The van der Waals surface area contributed by atoms with E-state index in [-0.39, 0.29) is 16.6 Å². The standard InChI is InChI=1S/C27H34N2O2S/c1-26(2,3)19-17-21(27(4,5)6)25(30)23(18-19)29-22-12-7-8-13-24(22)32(31)16-14-20-11-9-10-15-28-20/h7-13,15,17-18,29-30H,14,16H2,1-6H3/t32-/m0/s1. The fourth-order valence-electron chi connectivity index (χ4n) is 3.50. The molecule has 0 aliphatic heterocycles. The molecule has 0 saturated carbocycles. The minimum atomic E-state index is -1.20. The van der Waals surface area contributed by atoms with Gasteiger partial charge in [0, 0.05) is 29.6 Å². The van der Waals surface area contributed by atoms with Gasteiger partial charge in [0.05, 0.1) is 27.1 Å². The quantitative estimate of drug-likeness (QED) is 0.422. The van der Waals surface area contributed by atoms with Gasteiger partial charge in [0.15, 0.2) is 0 Å². The van der Waals surface area contributed by atoms with Crippen LogP contribution in [-0.2, 0) is 28.1 Å². The third kappa shape index (κ3) is 5.77. The summed E-state index contributed by atoms with van der Waals surface area (Å²) >= 11 is 0. The summed E-state index contributed by atoms with van der Waals surface area (Å²) in [6.45, 7) is 12.8. The average Bonchev–Trinajstić information content (AvgIpc) is 2.73. The summed E-state index contributed by atoms with van der Waals surface area (Å²) in [5.74, 6) is 0.719. The molecule has 0 spiro atoms. The molecule has 2 N–H and O–H groups in total. The highest BCUT2D eigenvalue weighted by Crippen LogP contribution is 2.41. The molecule has 1 heterocycles. The maximum Gasteiger partial charge on any atom is 0.142 e. The number of hydrogen-bond acceptors (Lipinski definition) is 4. The first-order valence-electron chi connectivity index (χ1n) is 11.0. The van der Waals surface area contributed by atoms with E-state index in [1.807, 2.05) is 48.5 Å². The van der Waals surface area contributed by atoms with Crippen LogP contribution in [0.3, 0.4) is 0 Å². The molecular weight excluding hydrogens is 416 g/mol. The number of nitrogens with one attached hydrogen (secondary N) is 1. The number of nitrogens with zero attached hydrogens (tertiary/aromatic N) is 1. The van der Waals surface area contributed by atoms with Gasteiger partial charge in [0.25, 0.3) is 0 Å². The minimum Gasteiger partial charge on any atom is -0.505 e. The largest absolute Gasteiger partial charge is 0.505 e. The van der Waals surface area contributed by atoms with Crippen molar-refractivity contribution in [2.45, 2.75) is 63.7 Å². The van der Waals surface area contributed by atoms with Crippen molar-refractivity contribution in [1.82, 2.24) is 4.98 Å². The maximum atomic E-state index is 13.1. The van der Waals surface area contributed by atoms with Gasteiger partial charge < -0.3 is 10.4 Å². The highest BCUT2D eigenvalue weighted by atomic mass is 32.2. The number of rotatable bonds is 6. The van der Waals surface area contributed by atoms with Crippen molar-refractivity contribution in [1.29, 1.82) is 0 Å². The molecule has 0 aliphatic carbocycles. The predicted molar refractivity (Wildman–Crippen MR) is 134 cm³/mol. The van der Waals surface area contributed by atoms with Crippen molar-refractivity contribution in [2.24, 2.45) is 0 Å². The van der Waals surface area contributed by atoms with Crippen molar-refractivity contribution in [3.8, 4) is 5.75 Å². The van der Waals surface area contributed by atoms with Gasteiger partial charge in [0.1, 0.15) is 5.75 Å². The fraction of sp³-hybridized carbons (Fsp3) is 0.370. The molecule has 0 bridgehead atoms. The summed E-state index contributed by atoms with van der Waals surface area (Å²) in [6, 6.07) is 17.5. The zero-order chi connectivity index (χ0) is 23.5. The summed E-state index contributed by atoms with van der Waals surface area (Å²) in [6.07, 6.45) is 2.40. The minimum absolute atomic E-state index is 0.0743. The Morgan fingerprint density at radius 3 is 2.22 bits per heavy atom. The third-order valence-corrected chi connectivity index (χ3v) is 6.88. The Labute approximate surface area is 194 Å². The lowest BCUT2D eigenvalue weighted by molar-refractivity contribution is 0.447. The van der Waals surface area contributed by atoms with Gasteiger partial charge in [-0.1, -0.05) is 65.8 Å². The molecule has 0 unspecified atom stereocenters. The van der Waals surface area contributed by atoms with Gasteiger partial charge in [-0.15, -0.1) is 0 Å². The van der Waals surface area contributed by atoms with E-state index in [4.69, 9.17) is 0 Å². The smallest absolute Gasteiger partial charge is 0.142 e. The number of phenols is 1. The number of aromatic hydroxyl groups is 1. The van der Waals surface area contributed by atoms with Crippen LogP contribution in [-0.4, -0.2) is 20.1 Å². The fourth-order valence-corrected chi connectivity index (χ4v) is 4.71. The molecule has 32 heavy (non-hydrogen) atoms. The lowest BCUT2D eigenvalue weighted by atomic mass is 9.79. The molecule has 170 valence electrons. The highest BCUT2D eigenvalue weighted by molar-refractivity contribution is 7.85. The summed E-state index contributed by atoms with van der Waals surface area (Å²) in [5.41, 5.74) is 4.04. The molecule has 0 radical (unpaired) electrons. The number of phenolic OH excluding ortho intramolecular Hbond substituents is 1. The van der Waals surface area contributed by atoms with Crippen molar-refractivity contribution < 1.29 is 9.32 Å². The topological polar surface area (TPSA) is 62.2 Å². The Kier molecular flexibility index (Phi) is 7.09. The van der Waals surface area contributed by atoms with Crippen LogP contribution in [0.5, 0.6) is 5.75 Å². The van der Waals surface area contributed by atoms with E-state index in [2.05, 4.69) is 57.9 Å². The van der Waals surface area contributed by atoms with Gasteiger partial charge in [0.2, 0.25) is 0 Å². The first-order valence-corrected chi connectivity index (χ1v) is 12.3. The zero-order valence-electron chi connectivity index (χ0n) is 19.9. The number of aryl methyl sites for hydroxylation is 1. The molecule has 1 atom stereocenters. The van der Waals surface area contributed by atoms with E-state index >= 15 is 0 Å². The second kappa shape index (κ2) is 9.45. The van der Waals surface area contributed by atoms with Crippen molar-refractivity contribution in [3.05, 3.63) is 77.6 Å². The molecule has 4 nitrogen and oxygen atoms in total. The maximum absolute atomic E-state index is 13.1. The molecule has 0 saturated heterocycles. The molecule has 1 aromatic heterocycles. The average molecular weight is 451 g/mol. The number of anilines is 2. The van der Waals surface area contributed by atoms with Crippen LogP contribution >= 0.6 is 0 Å². The monoisotopic (exact) mass is 450 g/mol. The second-order valence-corrected chi connectivity index (χ2v) is 11.7. The first-order chi connectivity index (χ1) is 15.0. The predicted octanol–water partition coefficient (Wildman–Crippen LogP) is 6.48. The van der Waals surface area contributed by atoms with E-state index in [1.54, 1.807) is 6.20 Å². The Balaban J connectivity index is 1.95. The number of aromatic nitrogens is 1. The molecule has 3 aromatic rings. The van der Waals surface area contributed by atoms with E-state index in [0.717, 1.165) is 27.4 Å². The van der Waals surface area contributed by atoms with Gasteiger partial charge >= 0.3 is 0 Å². The van der Waals surface area contributed by atoms with Crippen LogP contribution in [0.15, 0.2) is 65.7 Å². The molecule has 0 amide bonds. The summed E-state index contributed by atoms with van der Waals surface area (Å²) in [7, 11) is -1.20. The van der Waals surface area contributed by atoms with Gasteiger partial charge in [-0.05, 0) is 46.7 Å². The van der Waals surface area contributed by atoms with Crippen molar-refractivity contribution in [2.75, 3.05) is 11.1 Å². The van der Waals surface area contributed by atoms with Crippen LogP contribution in [0.2, 0.25) is 0 Å². The van der Waals surface area contributed by atoms with Gasteiger partial charge in [-0.25, -0.2) is 0 Å². The Hall–Kier alpha value is -2.66. The number of pyridine rings is 1. The number of benzene rings is 2. The van der Waals surface area contributed by atoms with Crippen LogP contribution in [0.4, 0.5) is 11.4 Å². The molecular formula is C27H34N2O2S. The van der Waals surface area contributed by atoms with E-state index in [9.17, 15) is 9.32 Å². The van der Waals surface area contributed by atoms with E-state index < -0.39 is 10.8 Å². The van der Waals surface area contributed by atoms with Crippen LogP contribution in [0, 0.1) is 0 Å². The zero-order valence-corrected chi connectivity index (χ0v) is 20.7. The van der Waals surface area contributed by atoms with Crippen molar-refractivity contribution >= 4 is 22.2 Å². The molecule has 0 fully saturated rings. The molecule has 0 aliphatic rings. The normalized spacial score (nSPS) is 13.1. The molecule has 3 rings (SSSR count). The summed E-state index contributed by atoms with van der Waals surface area (Å²) < 4.78 is 13.1. The molecule has 2 aromatic carbocycles. The first kappa shape index (κ1) is 24.0. The Bertz CT molecular complexity index is 1100. The summed E-state index contributed by atoms with van der Waals surface area (Å²) in [5, 5.41) is 14.5. The Morgan fingerprint density at radius 1 is 0.906 bits per heavy atom. The third-order valence-electron chi connectivity index (χ3n) is 5.46. The van der Waals surface area contributed by atoms with Gasteiger partial charge in [-0.3, -0.25) is 9.19 Å². The second-order valence-electron chi connectivity index (χ2n) is 10.2. The SMILES string of the molecule is CC(C)(C)c1cc(Nc2ccccc2[S@@](=O)CCc2ccccn2)c(O)c(C(C)(C)C)c1. The van der Waals surface area contributed by atoms with E-state index in [0.29, 0.717) is 17.9 Å². The molecule has 5 heteroatoms. The van der Waals surface area contributed by atoms with Gasteiger partial charge in [-0.2, -0.15) is 0 Å². The van der Waals surface area contributed by atoms with Crippen LogP contribution < -0.4 is 5.32 Å². The number of hydrogen-bond donors (Lipinski definition) is 2. The van der Waals surface area contributed by atoms with Crippen molar-refractivity contribution in [3.63, 3.8) is 0 Å². The summed E-state index contributed by atoms with van der Waals surface area (Å²) in [4.78, 5) is 5.05. The van der Waals surface area contributed by atoms with Crippen LogP contribution in [0.1, 0.15) is 58.4 Å². The Morgan fingerprint density at radius 2 is 1.59 bits per heavy atom. The number of para-hydroxylation sites is 1. The lowest BCUT2D eigenvalue weighted by Crippen LogP contribution is -2.17.